The van der Waals surface area contributed by atoms with Crippen LogP contribution in [0.15, 0.2) is 47.2 Å². The monoisotopic (exact) mass is 400 g/mol. The van der Waals surface area contributed by atoms with Crippen LogP contribution in [0, 0.1) is 12.7 Å². The average Bonchev–Trinajstić information content (AvgIpc) is 3.09. The predicted molar refractivity (Wildman–Crippen MR) is 104 cm³/mol. The Balaban J connectivity index is 1.58. The average molecular weight is 401 g/mol. The molecule has 0 saturated carbocycles. The van der Waals surface area contributed by atoms with Gasteiger partial charge in [0.2, 0.25) is 0 Å². The Labute approximate surface area is 166 Å². The van der Waals surface area contributed by atoms with Gasteiger partial charge in [0.15, 0.2) is 0 Å². The summed E-state index contributed by atoms with van der Waals surface area (Å²) < 4.78 is 19.6. The summed E-state index contributed by atoms with van der Waals surface area (Å²) in [4.78, 5) is 21.1. The van der Waals surface area contributed by atoms with E-state index in [2.05, 4.69) is 15.0 Å². The van der Waals surface area contributed by atoms with Gasteiger partial charge in [0.25, 0.3) is 5.91 Å². The molecule has 1 aromatic carbocycles. The van der Waals surface area contributed by atoms with Crippen molar-refractivity contribution >= 4 is 23.2 Å². The highest BCUT2D eigenvalue weighted by atomic mass is 35.5. The number of amides is 1. The van der Waals surface area contributed by atoms with Crippen molar-refractivity contribution in [2.45, 2.75) is 6.92 Å². The molecule has 1 fully saturated rings. The van der Waals surface area contributed by atoms with E-state index in [1.165, 1.54) is 12.1 Å². The van der Waals surface area contributed by atoms with Crippen molar-refractivity contribution in [1.29, 1.82) is 0 Å². The van der Waals surface area contributed by atoms with Crippen LogP contribution in [0.1, 0.15) is 16.1 Å². The van der Waals surface area contributed by atoms with E-state index in [9.17, 15) is 9.18 Å². The number of rotatable bonds is 3. The number of hydrogen-bond acceptors (Lipinski definition) is 5. The van der Waals surface area contributed by atoms with Gasteiger partial charge in [-0.25, -0.2) is 4.39 Å². The number of piperazine rings is 1. The van der Waals surface area contributed by atoms with Crippen LogP contribution in [0.2, 0.25) is 5.02 Å². The SMILES string of the molecule is Cc1onc(-c2c(F)cccc2Cl)c1C(=O)N1CCN(c2ccncc2)CC1. The van der Waals surface area contributed by atoms with Crippen molar-refractivity contribution in [1.82, 2.24) is 15.0 Å². The molecule has 1 aliphatic heterocycles. The first-order valence-corrected chi connectivity index (χ1v) is 9.29. The predicted octanol–water partition coefficient (Wildman–Crippen LogP) is 3.80. The molecular formula is C20H18ClFN4O2. The summed E-state index contributed by atoms with van der Waals surface area (Å²) in [5, 5.41) is 4.11. The molecule has 28 heavy (non-hydrogen) atoms. The molecule has 0 radical (unpaired) electrons. The zero-order chi connectivity index (χ0) is 19.7. The van der Waals surface area contributed by atoms with Gasteiger partial charge in [0.1, 0.15) is 22.8 Å². The Morgan fingerprint density at radius 1 is 1.14 bits per heavy atom. The van der Waals surface area contributed by atoms with E-state index >= 15 is 0 Å². The fraction of sp³-hybridized carbons (Fsp3) is 0.250. The number of carbonyl (C=O) groups is 1. The lowest BCUT2D eigenvalue weighted by Gasteiger charge is -2.36. The number of carbonyl (C=O) groups excluding carboxylic acids is 1. The van der Waals surface area contributed by atoms with Crippen molar-refractivity contribution in [3.63, 3.8) is 0 Å². The summed E-state index contributed by atoms with van der Waals surface area (Å²) in [6, 6.07) is 8.24. The molecule has 144 valence electrons. The first-order valence-electron chi connectivity index (χ1n) is 8.91. The second-order valence-corrected chi connectivity index (χ2v) is 6.95. The molecule has 8 heteroatoms. The topological polar surface area (TPSA) is 62.5 Å². The summed E-state index contributed by atoms with van der Waals surface area (Å²) >= 11 is 6.16. The van der Waals surface area contributed by atoms with Crippen LogP contribution in [-0.4, -0.2) is 47.1 Å². The summed E-state index contributed by atoms with van der Waals surface area (Å²) in [5.41, 5.74) is 1.55. The molecule has 1 aliphatic rings. The lowest BCUT2D eigenvalue weighted by molar-refractivity contribution is 0.0745. The Bertz CT molecular complexity index is 980. The van der Waals surface area contributed by atoms with Crippen molar-refractivity contribution in [2.75, 3.05) is 31.1 Å². The molecule has 0 aliphatic carbocycles. The van der Waals surface area contributed by atoms with Gasteiger partial charge in [-0.3, -0.25) is 9.78 Å². The number of benzene rings is 1. The number of aryl methyl sites for hydroxylation is 1. The maximum absolute atomic E-state index is 14.4. The third-order valence-electron chi connectivity index (χ3n) is 4.87. The number of aromatic nitrogens is 2. The van der Waals surface area contributed by atoms with Crippen LogP contribution in [0.25, 0.3) is 11.3 Å². The number of halogens is 2. The molecular weight excluding hydrogens is 383 g/mol. The lowest BCUT2D eigenvalue weighted by atomic mass is 10.0. The molecule has 1 amide bonds. The Morgan fingerprint density at radius 2 is 1.86 bits per heavy atom. The van der Waals surface area contributed by atoms with E-state index in [0.29, 0.717) is 31.9 Å². The fourth-order valence-electron chi connectivity index (χ4n) is 3.40. The Morgan fingerprint density at radius 3 is 2.54 bits per heavy atom. The van der Waals surface area contributed by atoms with Gasteiger partial charge in [0.05, 0.1) is 10.6 Å². The second kappa shape index (κ2) is 7.59. The van der Waals surface area contributed by atoms with Gasteiger partial charge >= 0.3 is 0 Å². The van der Waals surface area contributed by atoms with Gasteiger partial charge in [-0.05, 0) is 31.2 Å². The molecule has 3 heterocycles. The van der Waals surface area contributed by atoms with Crippen LogP contribution in [-0.2, 0) is 0 Å². The van der Waals surface area contributed by atoms with Gasteiger partial charge in [-0.2, -0.15) is 0 Å². The van der Waals surface area contributed by atoms with E-state index in [-0.39, 0.29) is 27.8 Å². The van der Waals surface area contributed by atoms with Crippen molar-refractivity contribution in [2.24, 2.45) is 0 Å². The van der Waals surface area contributed by atoms with E-state index in [4.69, 9.17) is 16.1 Å². The van der Waals surface area contributed by atoms with Gasteiger partial charge < -0.3 is 14.3 Å². The van der Waals surface area contributed by atoms with Crippen LogP contribution in [0.3, 0.4) is 0 Å². The third kappa shape index (κ3) is 3.33. The first-order chi connectivity index (χ1) is 13.6. The molecule has 0 N–H and O–H groups in total. The summed E-state index contributed by atoms with van der Waals surface area (Å²) in [5.74, 6) is -0.435. The maximum Gasteiger partial charge on any atom is 0.259 e. The highest BCUT2D eigenvalue weighted by Crippen LogP contribution is 2.34. The maximum atomic E-state index is 14.4. The van der Waals surface area contributed by atoms with E-state index in [0.717, 1.165) is 5.69 Å². The minimum Gasteiger partial charge on any atom is -0.368 e. The van der Waals surface area contributed by atoms with Gasteiger partial charge in [-0.15, -0.1) is 0 Å². The highest BCUT2D eigenvalue weighted by molar-refractivity contribution is 6.33. The van der Waals surface area contributed by atoms with Crippen LogP contribution in [0.4, 0.5) is 10.1 Å². The molecule has 1 saturated heterocycles. The third-order valence-corrected chi connectivity index (χ3v) is 5.19. The normalized spacial score (nSPS) is 14.4. The number of pyridine rings is 1. The second-order valence-electron chi connectivity index (χ2n) is 6.54. The standard InChI is InChI=1S/C20H18ClFN4O2/c1-13-17(19(24-28-13)18-15(21)3-2-4-16(18)22)20(27)26-11-9-25(10-12-26)14-5-7-23-8-6-14/h2-8H,9-12H2,1H3. The number of anilines is 1. The molecule has 4 rings (SSSR count). The quantitative estimate of drug-likeness (QED) is 0.669. The lowest BCUT2D eigenvalue weighted by Crippen LogP contribution is -2.49. The molecule has 0 atom stereocenters. The Hall–Kier alpha value is -2.93. The fourth-order valence-corrected chi connectivity index (χ4v) is 3.65. The van der Waals surface area contributed by atoms with Crippen molar-refractivity contribution in [3.05, 3.63) is 64.9 Å². The molecule has 0 unspecified atom stereocenters. The zero-order valence-corrected chi connectivity index (χ0v) is 16.0. The molecule has 2 aromatic heterocycles. The van der Waals surface area contributed by atoms with Crippen molar-refractivity contribution in [3.8, 4) is 11.3 Å². The summed E-state index contributed by atoms with van der Waals surface area (Å²) in [6.07, 6.45) is 3.50. The number of hydrogen-bond donors (Lipinski definition) is 0. The minimum atomic E-state index is -0.544. The van der Waals surface area contributed by atoms with Gasteiger partial charge in [0, 0.05) is 44.3 Å². The minimum absolute atomic E-state index is 0.0831. The van der Waals surface area contributed by atoms with E-state index < -0.39 is 5.82 Å². The molecule has 0 spiro atoms. The van der Waals surface area contributed by atoms with Gasteiger partial charge in [-0.1, -0.05) is 22.8 Å². The molecule has 6 nitrogen and oxygen atoms in total. The van der Waals surface area contributed by atoms with E-state index in [1.807, 2.05) is 12.1 Å². The van der Waals surface area contributed by atoms with E-state index in [1.54, 1.807) is 30.3 Å². The highest BCUT2D eigenvalue weighted by Gasteiger charge is 2.30. The van der Waals surface area contributed by atoms with Crippen LogP contribution >= 0.6 is 11.6 Å². The smallest absolute Gasteiger partial charge is 0.259 e. The summed E-state index contributed by atoms with van der Waals surface area (Å²) in [7, 11) is 0. The largest absolute Gasteiger partial charge is 0.368 e. The first kappa shape index (κ1) is 18.4. The molecule has 0 bridgehead atoms. The Kier molecular flexibility index (Phi) is 5.00. The molecule has 3 aromatic rings. The van der Waals surface area contributed by atoms with Crippen LogP contribution in [0.5, 0.6) is 0 Å². The van der Waals surface area contributed by atoms with Crippen LogP contribution < -0.4 is 4.90 Å². The summed E-state index contributed by atoms with van der Waals surface area (Å²) in [6.45, 7) is 4.10. The number of nitrogens with zero attached hydrogens (tertiary/aromatic N) is 4. The zero-order valence-electron chi connectivity index (χ0n) is 15.2. The van der Waals surface area contributed by atoms with Crippen molar-refractivity contribution < 1.29 is 13.7 Å².